The summed E-state index contributed by atoms with van der Waals surface area (Å²) in [5, 5.41) is 0.744. The second-order valence-electron chi connectivity index (χ2n) is 8.73. The molecule has 0 saturated carbocycles. The predicted molar refractivity (Wildman–Crippen MR) is 145 cm³/mol. The minimum absolute atomic E-state index is 0.0216. The van der Waals surface area contributed by atoms with Gasteiger partial charge in [-0.2, -0.15) is 0 Å². The molecule has 0 saturated heterocycles. The van der Waals surface area contributed by atoms with Crippen LogP contribution in [0.2, 0.25) is 0 Å². The summed E-state index contributed by atoms with van der Waals surface area (Å²) in [7, 11) is 2.50. The first-order valence-corrected chi connectivity index (χ1v) is 13.2. The van der Waals surface area contributed by atoms with E-state index < -0.39 is 34.7 Å². The number of para-hydroxylation sites is 1. The lowest BCUT2D eigenvalue weighted by Crippen LogP contribution is -2.52. The number of hydrogen-bond acceptors (Lipinski definition) is 8. The summed E-state index contributed by atoms with van der Waals surface area (Å²) >= 11 is 1.54. The highest BCUT2D eigenvalue weighted by atomic mass is 32.2. The van der Waals surface area contributed by atoms with Crippen LogP contribution in [0.3, 0.4) is 0 Å². The Morgan fingerprint density at radius 3 is 2.22 bits per heavy atom. The van der Waals surface area contributed by atoms with Gasteiger partial charge < -0.3 is 14.2 Å². The quantitative estimate of drug-likeness (QED) is 0.184. The van der Waals surface area contributed by atoms with Gasteiger partial charge in [-0.1, -0.05) is 68.5 Å². The molecule has 2 aromatic carbocycles. The van der Waals surface area contributed by atoms with Gasteiger partial charge in [-0.3, -0.25) is 9.59 Å². The average Bonchev–Trinajstić information content (AvgIpc) is 3.24. The molecule has 0 N–H and O–H groups in total. The summed E-state index contributed by atoms with van der Waals surface area (Å²) in [6.07, 6.45) is 3.24. The molecule has 0 aromatic heterocycles. The second-order valence-corrected chi connectivity index (χ2v) is 9.98. The third-order valence-electron chi connectivity index (χ3n) is 6.81. The molecule has 0 fully saturated rings. The minimum Gasteiger partial charge on any atom is -0.468 e. The molecule has 0 amide bonds. The molecular formula is C29H33NO6S. The SMILES string of the molecule is CCOC(=O)/C=C/C(C)(c1ccccc1)C1(CC(C(=O)OC)C(=O)OC)C(SCC)=Nc2ccccc21. The van der Waals surface area contributed by atoms with Gasteiger partial charge >= 0.3 is 17.9 Å². The van der Waals surface area contributed by atoms with Crippen LogP contribution >= 0.6 is 11.8 Å². The minimum atomic E-state index is -1.22. The molecule has 0 radical (unpaired) electrons. The van der Waals surface area contributed by atoms with Crippen molar-refractivity contribution in [3.8, 4) is 0 Å². The third kappa shape index (κ3) is 5.34. The fourth-order valence-corrected chi connectivity index (χ4v) is 6.09. The number of ether oxygens (including phenoxy) is 3. The first-order chi connectivity index (χ1) is 17.8. The largest absolute Gasteiger partial charge is 0.468 e. The van der Waals surface area contributed by atoms with Crippen LogP contribution in [-0.4, -0.2) is 49.5 Å². The van der Waals surface area contributed by atoms with Gasteiger partial charge in [0.2, 0.25) is 0 Å². The second kappa shape index (κ2) is 12.2. The highest BCUT2D eigenvalue weighted by Crippen LogP contribution is 2.58. The number of methoxy groups -OCH3 is 2. The molecule has 196 valence electrons. The molecule has 2 aromatic rings. The molecular weight excluding hydrogens is 490 g/mol. The first kappa shape index (κ1) is 28.2. The van der Waals surface area contributed by atoms with Crippen molar-refractivity contribution in [2.24, 2.45) is 10.9 Å². The number of benzene rings is 2. The Balaban J connectivity index is 2.41. The lowest BCUT2D eigenvalue weighted by molar-refractivity contribution is -0.159. The fraction of sp³-hybridized carbons (Fsp3) is 0.379. The van der Waals surface area contributed by atoms with E-state index in [1.165, 1.54) is 20.3 Å². The molecule has 0 aliphatic carbocycles. The third-order valence-corrected chi connectivity index (χ3v) is 7.81. The smallest absolute Gasteiger partial charge is 0.330 e. The van der Waals surface area contributed by atoms with Gasteiger partial charge in [-0.05, 0) is 36.3 Å². The van der Waals surface area contributed by atoms with Gasteiger partial charge in [-0.15, -0.1) is 11.8 Å². The van der Waals surface area contributed by atoms with Crippen LogP contribution < -0.4 is 0 Å². The van der Waals surface area contributed by atoms with Gasteiger partial charge in [0.1, 0.15) is 0 Å². The zero-order valence-corrected chi connectivity index (χ0v) is 22.7. The van der Waals surface area contributed by atoms with E-state index in [1.54, 1.807) is 24.8 Å². The summed E-state index contributed by atoms with van der Waals surface area (Å²) in [5.74, 6) is -2.38. The molecule has 1 aliphatic rings. The summed E-state index contributed by atoms with van der Waals surface area (Å²) in [6, 6.07) is 17.4. The van der Waals surface area contributed by atoms with Crippen LogP contribution in [0.25, 0.3) is 0 Å². The molecule has 2 unspecified atom stereocenters. The molecule has 1 heterocycles. The van der Waals surface area contributed by atoms with E-state index >= 15 is 0 Å². The number of carbonyl (C=O) groups excluding carboxylic acids is 3. The standard InChI is InChI=1S/C29H33NO6S/c1-6-36-24(31)17-18-28(3,20-13-9-8-10-14-20)29(19-21(25(32)34-4)26(33)35-5)22-15-11-12-16-23(22)30-27(29)37-7-2/h8-18,21H,6-7,19H2,1-5H3/b18-17+. The Bertz CT molecular complexity index is 1180. The maximum atomic E-state index is 13.0. The van der Waals surface area contributed by atoms with Crippen molar-refractivity contribution < 1.29 is 28.6 Å². The molecule has 1 aliphatic heterocycles. The number of aliphatic imine (C=N–C) groups is 1. The monoisotopic (exact) mass is 523 g/mol. The summed E-state index contributed by atoms with van der Waals surface area (Å²) < 4.78 is 15.3. The topological polar surface area (TPSA) is 91.3 Å². The molecule has 0 spiro atoms. The van der Waals surface area contributed by atoms with Crippen molar-refractivity contribution in [3.63, 3.8) is 0 Å². The Morgan fingerprint density at radius 1 is 1.00 bits per heavy atom. The number of rotatable bonds is 10. The lowest BCUT2D eigenvalue weighted by Gasteiger charge is -2.47. The van der Waals surface area contributed by atoms with E-state index in [2.05, 4.69) is 0 Å². The Labute approximate surface area is 222 Å². The highest BCUT2D eigenvalue weighted by molar-refractivity contribution is 8.14. The van der Waals surface area contributed by atoms with E-state index in [0.717, 1.165) is 21.9 Å². The molecule has 7 nitrogen and oxygen atoms in total. The maximum Gasteiger partial charge on any atom is 0.330 e. The van der Waals surface area contributed by atoms with Crippen LogP contribution in [0.5, 0.6) is 0 Å². The Kier molecular flexibility index (Phi) is 9.32. The van der Waals surface area contributed by atoms with Crippen LogP contribution in [0.1, 0.15) is 38.3 Å². The van der Waals surface area contributed by atoms with E-state index in [4.69, 9.17) is 19.2 Å². The number of nitrogens with zero attached hydrogens (tertiary/aromatic N) is 1. The van der Waals surface area contributed by atoms with Gasteiger partial charge in [0.25, 0.3) is 0 Å². The van der Waals surface area contributed by atoms with E-state index in [-0.39, 0.29) is 13.0 Å². The van der Waals surface area contributed by atoms with Crippen molar-refractivity contribution >= 4 is 40.4 Å². The number of allylic oxidation sites excluding steroid dienone is 1. The molecule has 8 heteroatoms. The number of hydrogen-bond donors (Lipinski definition) is 0. The predicted octanol–water partition coefficient (Wildman–Crippen LogP) is 5.15. The van der Waals surface area contributed by atoms with Gasteiger partial charge in [-0.25, -0.2) is 9.79 Å². The zero-order chi connectivity index (χ0) is 27.1. The van der Waals surface area contributed by atoms with E-state index in [9.17, 15) is 14.4 Å². The molecule has 37 heavy (non-hydrogen) atoms. The summed E-state index contributed by atoms with van der Waals surface area (Å²) in [4.78, 5) is 43.5. The van der Waals surface area contributed by atoms with E-state index in [0.29, 0.717) is 5.75 Å². The number of thioether (sulfide) groups is 1. The van der Waals surface area contributed by atoms with E-state index in [1.807, 2.05) is 68.4 Å². The normalized spacial score (nSPS) is 18.2. The Morgan fingerprint density at radius 2 is 1.62 bits per heavy atom. The van der Waals surface area contributed by atoms with Crippen molar-refractivity contribution in [3.05, 3.63) is 77.9 Å². The number of esters is 3. The number of carbonyl (C=O) groups is 3. The molecule has 2 atom stereocenters. The molecule has 0 bridgehead atoms. The van der Waals surface area contributed by atoms with Gasteiger partial charge in [0, 0.05) is 11.5 Å². The van der Waals surface area contributed by atoms with Crippen LogP contribution in [0, 0.1) is 5.92 Å². The van der Waals surface area contributed by atoms with Crippen molar-refractivity contribution in [2.45, 2.75) is 38.0 Å². The molecule has 3 rings (SSSR count). The zero-order valence-electron chi connectivity index (χ0n) is 21.9. The number of fused-ring (bicyclic) bond motifs is 1. The van der Waals surface area contributed by atoms with Crippen molar-refractivity contribution in [1.82, 2.24) is 0 Å². The fourth-order valence-electron chi connectivity index (χ4n) is 5.00. The van der Waals surface area contributed by atoms with Gasteiger partial charge in [0.15, 0.2) is 5.92 Å². The average molecular weight is 524 g/mol. The highest BCUT2D eigenvalue weighted by Gasteiger charge is 2.58. The summed E-state index contributed by atoms with van der Waals surface area (Å²) in [5.41, 5.74) is 0.531. The van der Waals surface area contributed by atoms with Crippen LogP contribution in [0.4, 0.5) is 5.69 Å². The van der Waals surface area contributed by atoms with Crippen LogP contribution in [0.15, 0.2) is 71.7 Å². The van der Waals surface area contributed by atoms with Crippen molar-refractivity contribution in [1.29, 1.82) is 0 Å². The van der Waals surface area contributed by atoms with Crippen LogP contribution in [-0.2, 0) is 39.4 Å². The first-order valence-electron chi connectivity index (χ1n) is 12.2. The lowest BCUT2D eigenvalue weighted by atomic mass is 9.55. The van der Waals surface area contributed by atoms with Crippen molar-refractivity contribution in [2.75, 3.05) is 26.6 Å². The summed E-state index contributed by atoms with van der Waals surface area (Å²) in [6.45, 7) is 6.01. The Hall–Kier alpha value is -3.39. The maximum absolute atomic E-state index is 13.0. The van der Waals surface area contributed by atoms with Gasteiger partial charge in [0.05, 0.1) is 37.0 Å².